The van der Waals surface area contributed by atoms with E-state index in [0.29, 0.717) is 0 Å². The van der Waals surface area contributed by atoms with Gasteiger partial charge in [0.25, 0.3) is 0 Å². The first kappa shape index (κ1) is 39.1. The summed E-state index contributed by atoms with van der Waals surface area (Å²) in [7, 11) is 0. The fraction of sp³-hybridized carbons (Fsp3) is 0.333. The first-order valence-corrected chi connectivity index (χ1v) is 23.7. The molecule has 314 valence electrons. The standard InChI is InChI=1S/C60H61BN2/c1-56(2,3)39-22-19-36(20-23-39)38-31-44-42-17-14-18-43-53-41-16-13-12-15-37(41)21-26-50(53)63(55(42)43)61-49-34-47-48(60(10,11)30-29-59(47,8)9)35-51(49)62(52(32-38)54(44)61)40-24-25-45-46(33-40)58(6,7)28-27-57(45,4)5/h12-26,31-35H,27-30H2,1-11H3. The number of nitrogens with zero attached hydrogens (tertiary/aromatic N) is 2. The normalized spacial score (nSPS) is 18.6. The van der Waals surface area contributed by atoms with Crippen LogP contribution in [0.2, 0.25) is 0 Å². The first-order chi connectivity index (χ1) is 29.8. The van der Waals surface area contributed by atoms with Gasteiger partial charge in [-0.2, -0.15) is 0 Å². The van der Waals surface area contributed by atoms with E-state index in [1.54, 1.807) is 0 Å². The number of fused-ring (bicyclic) bond motifs is 11. The summed E-state index contributed by atoms with van der Waals surface area (Å²) in [6.07, 6.45) is 4.75. The average Bonchev–Trinajstić information content (AvgIpc) is 3.60. The summed E-state index contributed by atoms with van der Waals surface area (Å²) < 4.78 is 2.76. The van der Waals surface area contributed by atoms with Crippen LogP contribution < -0.4 is 15.8 Å². The number of benzene rings is 7. The molecule has 0 amide bonds. The second kappa shape index (κ2) is 12.6. The van der Waals surface area contributed by atoms with Crippen LogP contribution in [0.25, 0.3) is 54.8 Å². The Hall–Kier alpha value is -5.54. The van der Waals surface area contributed by atoms with Gasteiger partial charge in [-0.25, -0.2) is 0 Å². The minimum absolute atomic E-state index is 0.00577. The van der Waals surface area contributed by atoms with Gasteiger partial charge in [0.1, 0.15) is 0 Å². The van der Waals surface area contributed by atoms with Gasteiger partial charge < -0.3 is 9.38 Å². The number of anilines is 3. The van der Waals surface area contributed by atoms with Crippen LogP contribution in [0.15, 0.2) is 121 Å². The fourth-order valence-corrected chi connectivity index (χ4v) is 12.6. The molecule has 0 bridgehead atoms. The Morgan fingerprint density at radius 2 is 1.14 bits per heavy atom. The van der Waals surface area contributed by atoms with E-state index in [1.807, 2.05) is 0 Å². The van der Waals surface area contributed by atoms with Crippen molar-refractivity contribution in [1.82, 2.24) is 4.48 Å². The lowest BCUT2D eigenvalue weighted by atomic mass is 9.44. The van der Waals surface area contributed by atoms with Crippen LogP contribution >= 0.6 is 0 Å². The van der Waals surface area contributed by atoms with Gasteiger partial charge in [-0.1, -0.05) is 161 Å². The third-order valence-electron chi connectivity index (χ3n) is 16.6. The Morgan fingerprint density at radius 3 is 1.84 bits per heavy atom. The SMILES string of the molecule is CC(C)(C)c1ccc(-c2cc3c4c(c2)N(c2ccc5c(c2)C(C)(C)CCC5(C)C)c2cc5c(cc2B4n2c4ccc6ccccc6c4c4cccc-3c42)C(C)(C)CCC5(C)C)cc1. The van der Waals surface area contributed by atoms with E-state index in [2.05, 4.69) is 207 Å². The molecule has 63 heavy (non-hydrogen) atoms. The van der Waals surface area contributed by atoms with Crippen molar-refractivity contribution in [1.29, 1.82) is 0 Å². The van der Waals surface area contributed by atoms with E-state index in [1.165, 1.54) is 136 Å². The molecule has 0 atom stereocenters. The van der Waals surface area contributed by atoms with Crippen molar-refractivity contribution < 1.29 is 0 Å². The zero-order chi connectivity index (χ0) is 43.7. The van der Waals surface area contributed by atoms with Gasteiger partial charge in [0, 0.05) is 44.4 Å². The summed E-state index contributed by atoms with van der Waals surface area (Å²) >= 11 is 0. The summed E-state index contributed by atoms with van der Waals surface area (Å²) in [5, 5.41) is 5.32. The molecule has 3 heterocycles. The largest absolute Gasteiger partial charge is 0.375 e. The summed E-state index contributed by atoms with van der Waals surface area (Å²) in [4.78, 5) is 2.71. The highest BCUT2D eigenvalue weighted by atomic mass is 15.2. The van der Waals surface area contributed by atoms with Crippen molar-refractivity contribution in [2.24, 2.45) is 0 Å². The molecule has 2 nitrogen and oxygen atoms in total. The number of para-hydroxylation sites is 1. The van der Waals surface area contributed by atoms with Crippen molar-refractivity contribution in [3.05, 3.63) is 149 Å². The predicted molar refractivity (Wildman–Crippen MR) is 272 cm³/mol. The molecule has 2 aliphatic heterocycles. The number of hydrogen-bond donors (Lipinski definition) is 0. The van der Waals surface area contributed by atoms with Gasteiger partial charge in [0.15, 0.2) is 0 Å². The molecule has 0 unspecified atom stereocenters. The van der Waals surface area contributed by atoms with E-state index in [-0.39, 0.29) is 33.9 Å². The van der Waals surface area contributed by atoms with Crippen LogP contribution in [-0.4, -0.2) is 11.3 Å². The van der Waals surface area contributed by atoms with Gasteiger partial charge in [0.2, 0.25) is 0 Å². The summed E-state index contributed by atoms with van der Waals surface area (Å²) in [5.41, 5.74) is 22.4. The third-order valence-corrected chi connectivity index (χ3v) is 16.6. The van der Waals surface area contributed by atoms with Crippen LogP contribution in [0.5, 0.6) is 0 Å². The van der Waals surface area contributed by atoms with Crippen LogP contribution in [0.1, 0.15) is 130 Å². The van der Waals surface area contributed by atoms with Gasteiger partial charge >= 0.3 is 6.85 Å². The smallest absolute Gasteiger partial charge is 0.333 e. The van der Waals surface area contributed by atoms with Crippen LogP contribution in [0.3, 0.4) is 0 Å². The molecule has 0 saturated carbocycles. The molecule has 8 aromatic rings. The zero-order valence-corrected chi connectivity index (χ0v) is 39.3. The van der Waals surface area contributed by atoms with Crippen molar-refractivity contribution in [2.75, 3.05) is 4.90 Å². The molecular weight excluding hydrogens is 759 g/mol. The molecule has 0 fully saturated rings. The monoisotopic (exact) mass is 820 g/mol. The highest BCUT2D eigenvalue weighted by Gasteiger charge is 2.47. The Balaban J connectivity index is 1.24. The fourth-order valence-electron chi connectivity index (χ4n) is 12.6. The van der Waals surface area contributed by atoms with Crippen LogP contribution in [0, 0.1) is 0 Å². The molecule has 0 radical (unpaired) electrons. The maximum atomic E-state index is 2.76. The summed E-state index contributed by atoms with van der Waals surface area (Å²) in [6, 6.07) is 48.3. The Bertz CT molecular complexity index is 3270. The van der Waals surface area contributed by atoms with E-state index < -0.39 is 0 Å². The average molecular weight is 821 g/mol. The van der Waals surface area contributed by atoms with Crippen LogP contribution in [0.4, 0.5) is 17.1 Å². The predicted octanol–water partition coefficient (Wildman–Crippen LogP) is 15.0. The quantitative estimate of drug-likeness (QED) is 0.158. The maximum Gasteiger partial charge on any atom is 0.333 e. The first-order valence-electron chi connectivity index (χ1n) is 23.7. The second-order valence-electron chi connectivity index (χ2n) is 23.5. The van der Waals surface area contributed by atoms with Crippen molar-refractivity contribution in [2.45, 2.75) is 129 Å². The minimum Gasteiger partial charge on any atom is -0.375 e. The lowest BCUT2D eigenvalue weighted by Gasteiger charge is -2.46. The van der Waals surface area contributed by atoms with E-state index in [0.717, 1.165) is 0 Å². The van der Waals surface area contributed by atoms with Crippen LogP contribution in [-0.2, 0) is 27.1 Å². The minimum atomic E-state index is -0.00577. The molecule has 2 aliphatic carbocycles. The van der Waals surface area contributed by atoms with E-state index in [4.69, 9.17) is 0 Å². The molecule has 0 spiro atoms. The van der Waals surface area contributed by atoms with Gasteiger partial charge in [-0.15, -0.1) is 0 Å². The number of aromatic nitrogens is 1. The Kier molecular flexibility index (Phi) is 7.81. The highest BCUT2D eigenvalue weighted by molar-refractivity contribution is 6.90. The third kappa shape index (κ3) is 5.44. The van der Waals surface area contributed by atoms with Gasteiger partial charge in [0.05, 0.1) is 0 Å². The molecule has 3 heteroatoms. The van der Waals surface area contributed by atoms with E-state index >= 15 is 0 Å². The molecule has 0 saturated heterocycles. The van der Waals surface area contributed by atoms with E-state index in [9.17, 15) is 0 Å². The second-order valence-corrected chi connectivity index (χ2v) is 23.5. The number of hydrogen-bond acceptors (Lipinski definition) is 1. The van der Waals surface area contributed by atoms with Crippen molar-refractivity contribution >= 4 is 67.4 Å². The summed E-state index contributed by atoms with van der Waals surface area (Å²) in [5.74, 6) is 0. The zero-order valence-electron chi connectivity index (χ0n) is 39.3. The lowest BCUT2D eigenvalue weighted by Crippen LogP contribution is -2.57. The number of rotatable bonds is 2. The molecular formula is C60H61BN2. The molecule has 12 rings (SSSR count). The van der Waals surface area contributed by atoms with Gasteiger partial charge in [-0.3, -0.25) is 0 Å². The lowest BCUT2D eigenvalue weighted by molar-refractivity contribution is 0.332. The summed E-state index contributed by atoms with van der Waals surface area (Å²) in [6.45, 7) is 26.7. The Labute approximate surface area is 375 Å². The molecule has 7 aromatic carbocycles. The Morgan fingerprint density at radius 1 is 0.508 bits per heavy atom. The highest BCUT2D eigenvalue weighted by Crippen LogP contribution is 2.53. The van der Waals surface area contributed by atoms with Gasteiger partial charge in [-0.05, 0) is 155 Å². The molecule has 0 N–H and O–H groups in total. The van der Waals surface area contributed by atoms with Crippen molar-refractivity contribution in [3.63, 3.8) is 0 Å². The van der Waals surface area contributed by atoms with Crippen molar-refractivity contribution in [3.8, 4) is 22.3 Å². The molecule has 1 aromatic heterocycles. The molecule has 4 aliphatic rings. The topological polar surface area (TPSA) is 8.17 Å². The maximum absolute atomic E-state index is 2.76.